The molecule has 0 aromatic heterocycles. The van der Waals surface area contributed by atoms with E-state index in [1.54, 1.807) is 0 Å². The number of aryl methyl sites for hydroxylation is 1. The molecule has 0 aliphatic rings. The Balaban J connectivity index is 0.000000555. The van der Waals surface area contributed by atoms with E-state index in [9.17, 15) is 8.42 Å². The lowest BCUT2D eigenvalue weighted by molar-refractivity contribution is -0.127. The van der Waals surface area contributed by atoms with Crippen LogP contribution < -0.4 is 5.14 Å². The molecule has 0 atom stereocenters. The highest BCUT2D eigenvalue weighted by molar-refractivity contribution is 7.84. The zero-order chi connectivity index (χ0) is 14.9. The maximum atomic E-state index is 10.4. The molecule has 0 amide bonds. The van der Waals surface area contributed by atoms with Gasteiger partial charge >= 0.3 is 10.3 Å². The Morgan fingerprint density at radius 2 is 1.68 bits per heavy atom. The minimum atomic E-state index is -3.78. The van der Waals surface area contributed by atoms with Gasteiger partial charge in [-0.15, -0.1) is 0 Å². The minimum absolute atomic E-state index is 0.133. The second-order valence-electron chi connectivity index (χ2n) is 4.40. The predicted molar refractivity (Wildman–Crippen MR) is 72.3 cm³/mol. The molecule has 1 aromatic carbocycles. The predicted octanol–water partition coefficient (Wildman–Crippen LogP) is 0.546. The molecule has 0 bridgehead atoms. The van der Waals surface area contributed by atoms with Gasteiger partial charge < -0.3 is 10.2 Å². The van der Waals surface area contributed by atoms with Crippen molar-refractivity contribution < 1.29 is 22.8 Å². The summed E-state index contributed by atoms with van der Waals surface area (Å²) in [5.74, 6) is -1.50. The van der Waals surface area contributed by atoms with Crippen LogP contribution in [0.5, 0.6) is 0 Å². The van der Waals surface area contributed by atoms with E-state index in [1.807, 2.05) is 30.3 Å². The molecule has 0 heterocycles. The standard InChI is InChI=1S/C9H13NO3S.C3H8O2/c10-14(11,12)13-8-4-7-9-5-2-1-3-6-9;1-3(2,4)5/h1-3,5-6H,4,7-8H2,(H2,10,11,12);4-5H,1-2H3. The molecule has 7 heteroatoms. The zero-order valence-electron chi connectivity index (χ0n) is 11.1. The van der Waals surface area contributed by atoms with Gasteiger partial charge in [-0.2, -0.15) is 8.42 Å². The van der Waals surface area contributed by atoms with Crippen LogP contribution in [-0.4, -0.2) is 31.0 Å². The fraction of sp³-hybridized carbons (Fsp3) is 0.500. The first-order valence-corrected chi connectivity index (χ1v) is 7.21. The second kappa shape index (κ2) is 8.23. The molecule has 0 radical (unpaired) electrons. The molecule has 0 saturated heterocycles. The molecule has 0 spiro atoms. The normalized spacial score (nSPS) is 11.6. The number of aliphatic hydroxyl groups is 2. The third kappa shape index (κ3) is 17.0. The Morgan fingerprint density at radius 3 is 2.11 bits per heavy atom. The van der Waals surface area contributed by atoms with Crippen molar-refractivity contribution in [3.8, 4) is 0 Å². The van der Waals surface area contributed by atoms with Gasteiger partial charge in [-0.25, -0.2) is 5.14 Å². The average Bonchev–Trinajstić information content (AvgIpc) is 2.22. The van der Waals surface area contributed by atoms with E-state index in [-0.39, 0.29) is 6.61 Å². The Labute approximate surface area is 114 Å². The van der Waals surface area contributed by atoms with Gasteiger partial charge in [-0.3, -0.25) is 4.18 Å². The van der Waals surface area contributed by atoms with Gasteiger partial charge in [0.05, 0.1) is 6.61 Å². The Bertz CT molecular complexity index is 433. The summed E-state index contributed by atoms with van der Waals surface area (Å²) in [5.41, 5.74) is 1.16. The van der Waals surface area contributed by atoms with Crippen LogP contribution in [0.4, 0.5) is 0 Å². The Hall–Kier alpha value is -0.990. The quantitative estimate of drug-likeness (QED) is 0.542. The van der Waals surface area contributed by atoms with E-state index in [1.165, 1.54) is 13.8 Å². The molecular weight excluding hydrogens is 270 g/mol. The molecule has 4 N–H and O–H groups in total. The van der Waals surface area contributed by atoms with Crippen molar-refractivity contribution >= 4 is 10.3 Å². The third-order valence-corrected chi connectivity index (χ3v) is 2.20. The maximum absolute atomic E-state index is 10.4. The summed E-state index contributed by atoms with van der Waals surface area (Å²) in [5, 5.41) is 20.8. The first-order chi connectivity index (χ1) is 8.58. The first kappa shape index (κ1) is 18.0. The SMILES string of the molecule is CC(C)(O)O.NS(=O)(=O)OCCCc1ccccc1. The number of benzene rings is 1. The van der Waals surface area contributed by atoms with E-state index >= 15 is 0 Å². The maximum Gasteiger partial charge on any atom is 0.333 e. The molecular formula is C12H21NO5S. The van der Waals surface area contributed by atoms with Gasteiger partial charge in [-0.05, 0) is 32.3 Å². The highest BCUT2D eigenvalue weighted by atomic mass is 32.2. The van der Waals surface area contributed by atoms with Crippen LogP contribution in [0.2, 0.25) is 0 Å². The molecule has 0 aliphatic carbocycles. The lowest BCUT2D eigenvalue weighted by Crippen LogP contribution is -2.16. The Morgan fingerprint density at radius 1 is 1.21 bits per heavy atom. The fourth-order valence-corrected chi connectivity index (χ4v) is 1.45. The summed E-state index contributed by atoms with van der Waals surface area (Å²) in [7, 11) is -3.78. The number of nitrogens with two attached hydrogens (primary N) is 1. The molecule has 0 saturated carbocycles. The van der Waals surface area contributed by atoms with E-state index < -0.39 is 16.1 Å². The highest BCUT2D eigenvalue weighted by Crippen LogP contribution is 2.02. The topological polar surface area (TPSA) is 110 Å². The van der Waals surface area contributed by atoms with E-state index in [2.05, 4.69) is 9.32 Å². The van der Waals surface area contributed by atoms with Crippen molar-refractivity contribution in [2.24, 2.45) is 5.14 Å². The smallest absolute Gasteiger partial charge is 0.333 e. The largest absolute Gasteiger partial charge is 0.366 e. The summed E-state index contributed by atoms with van der Waals surface area (Å²) in [6.45, 7) is 2.73. The second-order valence-corrected chi connectivity index (χ2v) is 5.62. The van der Waals surface area contributed by atoms with Crippen LogP contribution >= 0.6 is 0 Å². The van der Waals surface area contributed by atoms with E-state index in [4.69, 9.17) is 10.2 Å². The van der Waals surface area contributed by atoms with E-state index in [0.717, 1.165) is 12.0 Å². The van der Waals surface area contributed by atoms with Crippen LogP contribution in [0.1, 0.15) is 25.8 Å². The van der Waals surface area contributed by atoms with Crippen molar-refractivity contribution in [3.63, 3.8) is 0 Å². The molecule has 0 fully saturated rings. The van der Waals surface area contributed by atoms with Gasteiger partial charge in [0, 0.05) is 0 Å². The van der Waals surface area contributed by atoms with Crippen molar-refractivity contribution in [1.82, 2.24) is 0 Å². The third-order valence-electron chi connectivity index (χ3n) is 1.70. The molecule has 1 rings (SSSR count). The van der Waals surface area contributed by atoms with Crippen molar-refractivity contribution in [2.45, 2.75) is 32.5 Å². The van der Waals surface area contributed by atoms with Crippen LogP contribution in [0, 0.1) is 0 Å². The summed E-state index contributed by atoms with van der Waals surface area (Å²) >= 11 is 0. The van der Waals surface area contributed by atoms with Gasteiger partial charge in [0.25, 0.3) is 0 Å². The van der Waals surface area contributed by atoms with Crippen molar-refractivity contribution in [3.05, 3.63) is 35.9 Å². The van der Waals surface area contributed by atoms with Crippen molar-refractivity contribution in [1.29, 1.82) is 0 Å². The average molecular weight is 291 g/mol. The number of hydrogen-bond donors (Lipinski definition) is 3. The summed E-state index contributed by atoms with van der Waals surface area (Å²) in [6.07, 6.45) is 1.43. The van der Waals surface area contributed by atoms with Gasteiger partial charge in [0.15, 0.2) is 5.79 Å². The Kier molecular flexibility index (Phi) is 7.81. The molecule has 110 valence electrons. The van der Waals surface area contributed by atoms with Gasteiger partial charge in [-0.1, -0.05) is 30.3 Å². The minimum Gasteiger partial charge on any atom is -0.366 e. The molecule has 1 aromatic rings. The highest BCUT2D eigenvalue weighted by Gasteiger charge is 2.01. The number of hydrogen-bond acceptors (Lipinski definition) is 5. The summed E-state index contributed by atoms with van der Waals surface area (Å²) in [6, 6.07) is 9.78. The van der Waals surface area contributed by atoms with Crippen LogP contribution in [0.3, 0.4) is 0 Å². The molecule has 6 nitrogen and oxygen atoms in total. The van der Waals surface area contributed by atoms with E-state index in [0.29, 0.717) is 6.42 Å². The number of rotatable bonds is 5. The first-order valence-electron chi connectivity index (χ1n) is 5.74. The van der Waals surface area contributed by atoms with Gasteiger partial charge in [0.1, 0.15) is 0 Å². The lowest BCUT2D eigenvalue weighted by Gasteiger charge is -2.03. The molecule has 19 heavy (non-hydrogen) atoms. The zero-order valence-corrected chi connectivity index (χ0v) is 11.9. The lowest BCUT2D eigenvalue weighted by atomic mass is 10.1. The molecule has 0 aliphatic heterocycles. The monoisotopic (exact) mass is 291 g/mol. The van der Waals surface area contributed by atoms with Crippen LogP contribution in [0.25, 0.3) is 0 Å². The van der Waals surface area contributed by atoms with Gasteiger partial charge in [0.2, 0.25) is 0 Å². The fourth-order valence-electron chi connectivity index (χ4n) is 1.10. The summed E-state index contributed by atoms with van der Waals surface area (Å²) in [4.78, 5) is 0. The van der Waals surface area contributed by atoms with Crippen molar-refractivity contribution in [2.75, 3.05) is 6.61 Å². The summed E-state index contributed by atoms with van der Waals surface area (Å²) < 4.78 is 25.2. The molecule has 0 unspecified atom stereocenters. The van der Waals surface area contributed by atoms with Crippen LogP contribution in [0.15, 0.2) is 30.3 Å². The van der Waals surface area contributed by atoms with Crippen LogP contribution in [-0.2, 0) is 20.9 Å².